The Hall–Kier alpha value is -0.763. The van der Waals surface area contributed by atoms with Gasteiger partial charge in [-0.25, -0.2) is 0 Å². The van der Waals surface area contributed by atoms with Crippen molar-refractivity contribution in [2.24, 2.45) is 5.92 Å². The maximum Gasteiger partial charge on any atom is 0.250 e. The quantitative estimate of drug-likeness (QED) is 0.226. The first-order valence-corrected chi connectivity index (χ1v) is 9.74. The van der Waals surface area contributed by atoms with Gasteiger partial charge in [-0.15, -0.1) is 6.58 Å². The van der Waals surface area contributed by atoms with E-state index in [1.807, 2.05) is 13.0 Å². The molecule has 0 radical (unpaired) electrons. The molecule has 0 N–H and O–H groups in total. The van der Waals surface area contributed by atoms with Crippen LogP contribution in [0.5, 0.6) is 0 Å². The van der Waals surface area contributed by atoms with Gasteiger partial charge in [0.2, 0.25) is 8.32 Å². The van der Waals surface area contributed by atoms with E-state index in [0.29, 0.717) is 5.92 Å². The summed E-state index contributed by atoms with van der Waals surface area (Å²) in [5.74, 6) is 1.55. The zero-order valence-electron chi connectivity index (χ0n) is 12.8. The molecule has 0 amide bonds. The largest absolute Gasteiger partial charge is 0.544 e. The Labute approximate surface area is 115 Å². The van der Waals surface area contributed by atoms with Crippen LogP contribution in [0.4, 0.5) is 0 Å². The van der Waals surface area contributed by atoms with Crippen molar-refractivity contribution in [2.75, 3.05) is 0 Å². The number of hydrogen-bond donors (Lipinski definition) is 0. The summed E-state index contributed by atoms with van der Waals surface area (Å²) in [5.41, 5.74) is 0. The van der Waals surface area contributed by atoms with Crippen LogP contribution in [0.15, 0.2) is 36.6 Å². The average Bonchev–Trinajstić information content (AvgIpc) is 2.36. The minimum absolute atomic E-state index is 0.492. The zero-order valence-corrected chi connectivity index (χ0v) is 13.8. The highest BCUT2D eigenvalue weighted by Crippen LogP contribution is 2.26. The molecular formula is C16H30OSi. The molecule has 18 heavy (non-hydrogen) atoms. The third kappa shape index (κ3) is 5.72. The first kappa shape index (κ1) is 17.2. The highest BCUT2D eigenvalue weighted by molar-refractivity contribution is 6.73. The van der Waals surface area contributed by atoms with E-state index >= 15 is 0 Å². The van der Waals surface area contributed by atoms with E-state index in [1.54, 1.807) is 0 Å². The molecule has 0 saturated heterocycles. The summed E-state index contributed by atoms with van der Waals surface area (Å²) in [5, 5.41) is 0. The van der Waals surface area contributed by atoms with Gasteiger partial charge in [-0.1, -0.05) is 39.8 Å². The van der Waals surface area contributed by atoms with Gasteiger partial charge in [0, 0.05) is 0 Å². The van der Waals surface area contributed by atoms with Crippen LogP contribution in [-0.2, 0) is 4.43 Å². The molecule has 0 aromatic heterocycles. The Bertz CT molecular complexity index is 279. The fraction of sp³-hybridized carbons (Fsp3) is 0.625. The molecule has 0 aliphatic carbocycles. The van der Waals surface area contributed by atoms with Gasteiger partial charge in [-0.05, 0) is 49.5 Å². The fourth-order valence-electron chi connectivity index (χ4n) is 2.12. The summed E-state index contributed by atoms with van der Waals surface area (Å²) in [6, 6.07) is 3.56. The summed E-state index contributed by atoms with van der Waals surface area (Å²) in [6.07, 6.45) is 9.38. The van der Waals surface area contributed by atoms with E-state index in [-0.39, 0.29) is 0 Å². The van der Waals surface area contributed by atoms with Crippen molar-refractivity contribution in [3.8, 4) is 0 Å². The summed E-state index contributed by atoms with van der Waals surface area (Å²) in [6.45, 7) is 14.8. The lowest BCUT2D eigenvalue weighted by atomic mass is 10.1. The topological polar surface area (TPSA) is 9.23 Å². The molecule has 0 heterocycles. The lowest BCUT2D eigenvalue weighted by Crippen LogP contribution is -2.35. The van der Waals surface area contributed by atoms with Crippen LogP contribution in [-0.4, -0.2) is 8.32 Å². The lowest BCUT2D eigenvalue weighted by Gasteiger charge is -2.30. The summed E-state index contributed by atoms with van der Waals surface area (Å²) in [4.78, 5) is 0. The predicted molar refractivity (Wildman–Crippen MR) is 85.2 cm³/mol. The molecule has 0 saturated carbocycles. The Morgan fingerprint density at radius 3 is 2.17 bits per heavy atom. The van der Waals surface area contributed by atoms with Crippen molar-refractivity contribution in [2.45, 2.75) is 59.2 Å². The predicted octanol–water partition coefficient (Wildman–Crippen LogP) is 5.68. The van der Waals surface area contributed by atoms with E-state index in [4.69, 9.17) is 4.43 Å². The van der Waals surface area contributed by atoms with Gasteiger partial charge in [0.05, 0.1) is 5.76 Å². The monoisotopic (exact) mass is 266 g/mol. The molecule has 0 unspecified atom stereocenters. The van der Waals surface area contributed by atoms with Gasteiger partial charge in [-0.3, -0.25) is 0 Å². The molecule has 0 aromatic carbocycles. The van der Waals surface area contributed by atoms with Crippen LogP contribution < -0.4 is 0 Å². The van der Waals surface area contributed by atoms with Crippen molar-refractivity contribution in [1.82, 2.24) is 0 Å². The van der Waals surface area contributed by atoms with E-state index in [2.05, 4.69) is 52.5 Å². The minimum atomic E-state index is -1.55. The van der Waals surface area contributed by atoms with Gasteiger partial charge in [0.1, 0.15) is 0 Å². The molecule has 2 heteroatoms. The van der Waals surface area contributed by atoms with Crippen molar-refractivity contribution < 1.29 is 4.43 Å². The molecule has 104 valence electrons. The zero-order chi connectivity index (χ0) is 14.0. The second-order valence-electron chi connectivity index (χ2n) is 4.92. The smallest absolute Gasteiger partial charge is 0.250 e. The average molecular weight is 267 g/mol. The van der Waals surface area contributed by atoms with E-state index in [9.17, 15) is 0 Å². The van der Waals surface area contributed by atoms with Crippen LogP contribution in [0.2, 0.25) is 18.1 Å². The lowest BCUT2D eigenvalue weighted by molar-refractivity contribution is 0.416. The third-order valence-corrected chi connectivity index (χ3v) is 8.12. The normalized spacial score (nSPS) is 14.8. The van der Waals surface area contributed by atoms with Crippen LogP contribution in [0.1, 0.15) is 41.0 Å². The molecular weight excluding hydrogens is 236 g/mol. The fourth-order valence-corrected chi connectivity index (χ4v) is 4.68. The Morgan fingerprint density at radius 1 is 1.22 bits per heavy atom. The molecule has 1 atom stereocenters. The number of allylic oxidation sites excluding steroid dienone is 4. The molecule has 0 aliphatic rings. The van der Waals surface area contributed by atoms with Gasteiger partial charge in [0.25, 0.3) is 0 Å². The van der Waals surface area contributed by atoms with E-state index in [1.165, 1.54) is 18.1 Å². The summed E-state index contributed by atoms with van der Waals surface area (Å²) >= 11 is 0. The maximum absolute atomic E-state index is 6.42. The van der Waals surface area contributed by atoms with Crippen LogP contribution in [0.25, 0.3) is 0 Å². The molecule has 0 aliphatic heterocycles. The first-order valence-electron chi connectivity index (χ1n) is 7.21. The van der Waals surface area contributed by atoms with E-state index < -0.39 is 8.32 Å². The number of hydrogen-bond acceptors (Lipinski definition) is 1. The van der Waals surface area contributed by atoms with Gasteiger partial charge < -0.3 is 4.43 Å². The SMILES string of the molecule is C=CC[C@H](C)/C=C(/C=C/C)O[Si](CC)(CC)CC. The summed E-state index contributed by atoms with van der Waals surface area (Å²) < 4.78 is 6.42. The minimum Gasteiger partial charge on any atom is -0.544 e. The Kier molecular flexibility index (Phi) is 8.81. The van der Waals surface area contributed by atoms with Crippen molar-refractivity contribution in [3.63, 3.8) is 0 Å². The third-order valence-electron chi connectivity index (χ3n) is 3.59. The van der Waals surface area contributed by atoms with E-state index in [0.717, 1.165) is 12.2 Å². The standard InChI is InChI=1S/C16H30OSi/c1-7-12-15(6)14-16(13-8-2)17-18(9-3,10-4)11-5/h7-8,13-15H,1,9-12H2,2-6H3/b13-8+,16-14-/t15-/m0/s1. The molecule has 0 fully saturated rings. The molecule has 0 rings (SSSR count). The number of rotatable bonds is 9. The van der Waals surface area contributed by atoms with Crippen LogP contribution in [0.3, 0.4) is 0 Å². The van der Waals surface area contributed by atoms with Crippen LogP contribution in [0, 0.1) is 5.92 Å². The van der Waals surface area contributed by atoms with Crippen molar-refractivity contribution in [1.29, 1.82) is 0 Å². The van der Waals surface area contributed by atoms with Gasteiger partial charge in [-0.2, -0.15) is 0 Å². The van der Waals surface area contributed by atoms with Crippen molar-refractivity contribution in [3.05, 3.63) is 36.6 Å². The van der Waals surface area contributed by atoms with Crippen LogP contribution >= 0.6 is 0 Å². The first-order chi connectivity index (χ1) is 8.57. The maximum atomic E-state index is 6.42. The molecule has 0 aromatic rings. The highest BCUT2D eigenvalue weighted by Gasteiger charge is 2.30. The summed E-state index contributed by atoms with van der Waals surface area (Å²) in [7, 11) is -1.55. The highest BCUT2D eigenvalue weighted by atomic mass is 28.4. The molecule has 1 nitrogen and oxygen atoms in total. The second-order valence-corrected chi connectivity index (χ2v) is 9.61. The molecule has 0 spiro atoms. The molecule has 0 bridgehead atoms. The van der Waals surface area contributed by atoms with Gasteiger partial charge >= 0.3 is 0 Å². The Morgan fingerprint density at radius 2 is 1.78 bits per heavy atom. The van der Waals surface area contributed by atoms with Gasteiger partial charge in [0.15, 0.2) is 0 Å². The Balaban J connectivity index is 4.95. The van der Waals surface area contributed by atoms with Crippen molar-refractivity contribution >= 4 is 8.32 Å². The second kappa shape index (κ2) is 9.20.